The van der Waals surface area contributed by atoms with Crippen LogP contribution < -0.4 is 27.4 Å². The summed E-state index contributed by atoms with van der Waals surface area (Å²) in [6, 6.07) is 78.8. The minimum absolute atomic E-state index is 1.26. The van der Waals surface area contributed by atoms with Gasteiger partial charge in [0.2, 0.25) is 34.2 Å². The van der Waals surface area contributed by atoms with Crippen molar-refractivity contribution in [3.05, 3.63) is 322 Å². The van der Waals surface area contributed by atoms with E-state index in [4.69, 9.17) is 0 Å². The van der Waals surface area contributed by atoms with Crippen LogP contribution in [0.2, 0.25) is 0 Å². The summed E-state index contributed by atoms with van der Waals surface area (Å²) in [5.74, 6) is 0. The Morgan fingerprint density at radius 2 is 0.589 bits per heavy atom. The van der Waals surface area contributed by atoms with Crippen molar-refractivity contribution in [2.75, 3.05) is 0 Å². The Labute approximate surface area is 539 Å². The lowest BCUT2D eigenvalue weighted by Crippen LogP contribution is -2.34. The van der Waals surface area contributed by atoms with E-state index in [9.17, 15) is 0 Å². The molecule has 456 valence electrons. The lowest BCUT2D eigenvalue weighted by Gasteiger charge is -2.06. The standard InChI is InChI=1S/C15H18N.4C14H16N.C13H14N/c1-11-7-5-6-8-14(11)15-9-12(2)13(3)10-16(15)4;1-11-7-4-5-9-13(11)14-12(2)8-6-10-15(14)3;1-11-7-4-5-9-13(11)14-10-6-8-12(2)15(14)3;1-11-8-9-15(3)14(10-11)13-7-5-4-6-12(13)2;1-11-8-9-14(15(3)10-11)13-7-5-4-6-12(13)2;1-11-7-3-4-8-12(11)13-9-5-6-10-14(13)2/h5-10H,1-4H3;4*4-10H,1-3H3;3-10H,1-2H3/q6*+1. The minimum Gasteiger partial charge on any atom is -0.201 e. The first-order chi connectivity index (χ1) is 43.1. The third kappa shape index (κ3) is 17.9. The van der Waals surface area contributed by atoms with E-state index in [0.29, 0.717) is 0 Å². The smallest absolute Gasteiger partial charge is 0.201 e. The van der Waals surface area contributed by atoms with E-state index in [2.05, 4.69) is 402 Å². The predicted octanol–water partition coefficient (Wildman–Crippen LogP) is 16.8. The van der Waals surface area contributed by atoms with Gasteiger partial charge in [-0.05, 0) is 181 Å². The molecule has 6 nitrogen and oxygen atoms in total. The molecule has 0 bridgehead atoms. The summed E-state index contributed by atoms with van der Waals surface area (Å²) in [6.07, 6.45) is 10.6. The first-order valence-electron chi connectivity index (χ1n) is 31.3. The van der Waals surface area contributed by atoms with Crippen LogP contribution in [-0.2, 0) is 42.3 Å². The second kappa shape index (κ2) is 32.4. The topological polar surface area (TPSA) is 23.3 Å². The summed E-state index contributed by atoms with van der Waals surface area (Å²) in [6.45, 7) is 25.7. The zero-order chi connectivity index (χ0) is 65.0. The molecule has 0 saturated carbocycles. The maximum Gasteiger partial charge on any atom is 0.215 e. The highest BCUT2D eigenvalue weighted by atomic mass is 14.9. The summed E-state index contributed by atoms with van der Waals surface area (Å²) in [5, 5.41) is 0. The Balaban J connectivity index is 0.000000154. The Bertz CT molecular complexity index is 4250. The van der Waals surface area contributed by atoms with Gasteiger partial charge in [0.1, 0.15) is 42.3 Å². The molecule has 0 unspecified atom stereocenters. The normalized spacial score (nSPS) is 10.3. The van der Waals surface area contributed by atoms with Gasteiger partial charge in [0, 0.05) is 112 Å². The lowest BCUT2D eigenvalue weighted by atomic mass is 10.0. The Hall–Kier alpha value is -9.78. The summed E-state index contributed by atoms with van der Waals surface area (Å²) in [4.78, 5) is 0. The van der Waals surface area contributed by atoms with Crippen molar-refractivity contribution < 1.29 is 27.4 Å². The van der Waals surface area contributed by atoms with Crippen molar-refractivity contribution >= 4 is 0 Å². The molecule has 0 aliphatic heterocycles. The second-order valence-electron chi connectivity index (χ2n) is 23.9. The van der Waals surface area contributed by atoms with Gasteiger partial charge < -0.3 is 0 Å². The quantitative estimate of drug-likeness (QED) is 0.148. The van der Waals surface area contributed by atoms with E-state index in [1.165, 1.54) is 134 Å². The summed E-state index contributed by atoms with van der Waals surface area (Å²) >= 11 is 0. The lowest BCUT2D eigenvalue weighted by molar-refractivity contribution is -0.666. The summed E-state index contributed by atoms with van der Waals surface area (Å²) < 4.78 is 13.1. The first-order valence-corrected chi connectivity index (χ1v) is 31.3. The number of hydrogen-bond acceptors (Lipinski definition) is 0. The molecular formula is C84H96N6+6. The minimum atomic E-state index is 1.26. The molecule has 0 atom stereocenters. The van der Waals surface area contributed by atoms with Crippen molar-refractivity contribution in [2.24, 2.45) is 42.3 Å². The molecule has 12 aromatic rings. The van der Waals surface area contributed by atoms with E-state index in [0.717, 1.165) is 0 Å². The third-order valence-electron chi connectivity index (χ3n) is 16.8. The van der Waals surface area contributed by atoms with Crippen LogP contribution in [0.5, 0.6) is 0 Å². The van der Waals surface area contributed by atoms with Crippen molar-refractivity contribution in [3.63, 3.8) is 0 Å². The van der Waals surface area contributed by atoms with E-state index in [1.54, 1.807) is 0 Å². The monoisotopic (exact) mass is 1190 g/mol. The second-order valence-corrected chi connectivity index (χ2v) is 23.9. The number of aryl methyl sites for hydroxylation is 17. The van der Waals surface area contributed by atoms with Gasteiger partial charge in [-0.15, -0.1) is 0 Å². The molecule has 0 aliphatic carbocycles. The molecule has 0 aliphatic rings. The number of benzene rings is 6. The molecule has 6 aromatic heterocycles. The van der Waals surface area contributed by atoms with Crippen molar-refractivity contribution in [1.29, 1.82) is 0 Å². The highest BCUT2D eigenvalue weighted by Crippen LogP contribution is 2.26. The Morgan fingerprint density at radius 3 is 1.06 bits per heavy atom. The zero-order valence-corrected chi connectivity index (χ0v) is 56.9. The van der Waals surface area contributed by atoms with Gasteiger partial charge in [-0.25, -0.2) is 22.8 Å². The van der Waals surface area contributed by atoms with Gasteiger partial charge in [-0.1, -0.05) is 109 Å². The fourth-order valence-corrected chi connectivity index (χ4v) is 11.2. The average Bonchev–Trinajstić information content (AvgIpc) is 2.40. The van der Waals surface area contributed by atoms with E-state index < -0.39 is 0 Å². The van der Waals surface area contributed by atoms with Gasteiger partial charge >= 0.3 is 0 Å². The van der Waals surface area contributed by atoms with Crippen LogP contribution in [0.1, 0.15) is 66.9 Å². The molecule has 0 amide bonds. The zero-order valence-electron chi connectivity index (χ0n) is 56.9. The van der Waals surface area contributed by atoms with Gasteiger partial charge in [-0.2, -0.15) is 4.57 Å². The van der Waals surface area contributed by atoms with Crippen LogP contribution in [0, 0.1) is 83.1 Å². The van der Waals surface area contributed by atoms with Gasteiger partial charge in [0.25, 0.3) is 0 Å². The Kier molecular flexibility index (Phi) is 24.4. The maximum absolute atomic E-state index is 2.26. The van der Waals surface area contributed by atoms with Crippen molar-refractivity contribution in [3.8, 4) is 67.5 Å². The summed E-state index contributed by atoms with van der Waals surface area (Å²) in [7, 11) is 12.6. The van der Waals surface area contributed by atoms with Crippen LogP contribution in [-0.4, -0.2) is 0 Å². The van der Waals surface area contributed by atoms with Gasteiger partial charge in [-0.3, -0.25) is 0 Å². The number of pyridine rings is 6. The fourth-order valence-electron chi connectivity index (χ4n) is 11.2. The van der Waals surface area contributed by atoms with Crippen molar-refractivity contribution in [2.45, 2.75) is 83.1 Å². The Morgan fingerprint density at radius 1 is 0.211 bits per heavy atom. The van der Waals surface area contributed by atoms with E-state index >= 15 is 0 Å². The molecule has 6 aromatic carbocycles. The van der Waals surface area contributed by atoms with Crippen LogP contribution >= 0.6 is 0 Å². The number of rotatable bonds is 6. The van der Waals surface area contributed by atoms with E-state index in [1.807, 2.05) is 6.07 Å². The number of nitrogens with zero attached hydrogens (tertiary/aromatic N) is 6. The van der Waals surface area contributed by atoms with Gasteiger partial charge in [0.05, 0.1) is 0 Å². The van der Waals surface area contributed by atoms with Crippen LogP contribution in [0.15, 0.2) is 255 Å². The maximum atomic E-state index is 2.26. The number of aromatic nitrogens is 6. The predicted molar refractivity (Wildman–Crippen MR) is 375 cm³/mol. The van der Waals surface area contributed by atoms with Crippen LogP contribution in [0.25, 0.3) is 67.5 Å². The van der Waals surface area contributed by atoms with Crippen LogP contribution in [0.3, 0.4) is 0 Å². The molecule has 0 radical (unpaired) electrons. The highest BCUT2D eigenvalue weighted by molar-refractivity contribution is 5.66. The fraction of sp³-hybridized carbons (Fsp3) is 0.214. The third-order valence-corrected chi connectivity index (χ3v) is 16.8. The molecule has 90 heavy (non-hydrogen) atoms. The average molecular weight is 1190 g/mol. The van der Waals surface area contributed by atoms with Crippen LogP contribution in [0.4, 0.5) is 0 Å². The first kappa shape index (κ1) is 67.7. The highest BCUT2D eigenvalue weighted by Gasteiger charge is 2.18. The van der Waals surface area contributed by atoms with Gasteiger partial charge in [0.15, 0.2) is 36.7 Å². The molecule has 6 heterocycles. The van der Waals surface area contributed by atoms with E-state index in [-0.39, 0.29) is 0 Å². The van der Waals surface area contributed by atoms with Crippen molar-refractivity contribution in [1.82, 2.24) is 0 Å². The largest absolute Gasteiger partial charge is 0.215 e. The summed E-state index contributed by atoms with van der Waals surface area (Å²) in [5.41, 5.74) is 31.3. The molecule has 0 N–H and O–H groups in total. The molecule has 0 saturated heterocycles. The molecular weight excluding hydrogens is 1090 g/mol. The molecule has 12 rings (SSSR count). The molecule has 6 heteroatoms. The molecule has 0 fully saturated rings. The molecule has 0 spiro atoms. The number of hydrogen-bond donors (Lipinski definition) is 0. The SMILES string of the molecule is Cc1cc(-c2ccccc2C)[n+](C)cc1C.Cc1cc[n+](C)c(-c2ccccc2C)c1.Cc1ccc(-c2ccccc2C)[n+](C)c1.Cc1ccccc1-c1c(C)ccc[n+]1C.Cc1ccccc1-c1cccc(C)[n+]1C.Cc1ccccc1-c1cccc[n+]1C.